The zero-order chi connectivity index (χ0) is 17.2. The fourth-order valence-corrected chi connectivity index (χ4v) is 4.60. The number of carbonyl (C=O) groups is 1. The zero-order valence-corrected chi connectivity index (χ0v) is 15.0. The summed E-state index contributed by atoms with van der Waals surface area (Å²) in [6.07, 6.45) is 9.03. The summed E-state index contributed by atoms with van der Waals surface area (Å²) in [5.41, 5.74) is 0.706. The van der Waals surface area contributed by atoms with Crippen molar-refractivity contribution < 1.29 is 9.53 Å². The Hall–Kier alpha value is -1.81. The number of nitrogens with zero attached hydrogens (tertiary/aromatic N) is 2. The molecule has 1 saturated heterocycles. The number of hydrogen-bond acceptors (Lipinski definition) is 3. The Balaban J connectivity index is 1.48. The van der Waals surface area contributed by atoms with Gasteiger partial charge in [0, 0.05) is 24.2 Å². The highest BCUT2D eigenvalue weighted by Gasteiger charge is 2.35. The summed E-state index contributed by atoms with van der Waals surface area (Å²) in [5.74, 6) is 1.39. The van der Waals surface area contributed by atoms with E-state index in [-0.39, 0.29) is 12.5 Å². The van der Waals surface area contributed by atoms with Crippen molar-refractivity contribution in [2.45, 2.75) is 44.6 Å². The van der Waals surface area contributed by atoms with Gasteiger partial charge in [0.2, 0.25) is 0 Å². The van der Waals surface area contributed by atoms with Gasteiger partial charge in [0.15, 0.2) is 6.61 Å². The van der Waals surface area contributed by atoms with E-state index in [0.29, 0.717) is 28.2 Å². The molecule has 2 heterocycles. The van der Waals surface area contributed by atoms with Gasteiger partial charge in [-0.05, 0) is 55.9 Å². The van der Waals surface area contributed by atoms with Crippen LogP contribution in [0.15, 0.2) is 30.5 Å². The number of benzene rings is 1. The standard InChI is InChI=1S/C20H23ClN2O2/c21-16-9-10-18(20-15(16)7-3-11-22-20)25-13-19(24)23-12-4-6-14-5-1-2-8-17(14)23/h3,7,9-11,14,17H,1-2,4-6,8,12-13H2/t14-,17-/m1/s1. The number of carbonyl (C=O) groups excluding carboxylic acids is 1. The highest BCUT2D eigenvalue weighted by Crippen LogP contribution is 2.35. The summed E-state index contributed by atoms with van der Waals surface area (Å²) in [6.45, 7) is 0.930. The Morgan fingerprint density at radius 2 is 2.04 bits per heavy atom. The van der Waals surface area contributed by atoms with Crippen molar-refractivity contribution in [3.05, 3.63) is 35.5 Å². The van der Waals surface area contributed by atoms with Gasteiger partial charge < -0.3 is 9.64 Å². The Kier molecular flexibility index (Phi) is 4.80. The molecule has 2 atom stereocenters. The van der Waals surface area contributed by atoms with Gasteiger partial charge in [-0.2, -0.15) is 0 Å². The number of halogens is 1. The third kappa shape index (κ3) is 3.32. The van der Waals surface area contributed by atoms with E-state index < -0.39 is 0 Å². The molecule has 4 nitrogen and oxygen atoms in total. The van der Waals surface area contributed by atoms with Crippen molar-refractivity contribution in [2.75, 3.05) is 13.2 Å². The molecule has 132 valence electrons. The number of rotatable bonds is 3. The minimum Gasteiger partial charge on any atom is -0.481 e. The van der Waals surface area contributed by atoms with Gasteiger partial charge in [-0.1, -0.05) is 24.4 Å². The zero-order valence-electron chi connectivity index (χ0n) is 14.3. The van der Waals surface area contributed by atoms with E-state index in [2.05, 4.69) is 9.88 Å². The van der Waals surface area contributed by atoms with Crippen LogP contribution >= 0.6 is 11.6 Å². The Bertz CT molecular complexity index is 777. The fraction of sp³-hybridized carbons (Fsp3) is 0.500. The quantitative estimate of drug-likeness (QED) is 0.814. The van der Waals surface area contributed by atoms with Crippen LogP contribution in [0.4, 0.5) is 0 Å². The van der Waals surface area contributed by atoms with E-state index in [1.165, 1.54) is 25.7 Å². The maximum absolute atomic E-state index is 12.8. The number of piperidine rings is 1. The first-order chi connectivity index (χ1) is 12.2. The molecule has 1 aliphatic heterocycles. The number of fused-ring (bicyclic) bond motifs is 2. The van der Waals surface area contributed by atoms with Gasteiger partial charge in [-0.25, -0.2) is 0 Å². The van der Waals surface area contributed by atoms with Crippen molar-refractivity contribution in [3.63, 3.8) is 0 Å². The normalized spacial score (nSPS) is 23.3. The molecule has 1 aromatic carbocycles. The van der Waals surface area contributed by atoms with E-state index in [9.17, 15) is 4.79 Å². The summed E-state index contributed by atoms with van der Waals surface area (Å²) in [4.78, 5) is 19.2. The van der Waals surface area contributed by atoms with Crippen LogP contribution in [0.3, 0.4) is 0 Å². The molecule has 5 heteroatoms. The lowest BCUT2D eigenvalue weighted by molar-refractivity contribution is -0.139. The van der Waals surface area contributed by atoms with Crippen LogP contribution < -0.4 is 4.74 Å². The molecular formula is C20H23ClN2O2. The van der Waals surface area contributed by atoms with E-state index in [1.54, 1.807) is 18.3 Å². The summed E-state index contributed by atoms with van der Waals surface area (Å²) >= 11 is 6.22. The van der Waals surface area contributed by atoms with Crippen LogP contribution in [-0.2, 0) is 4.79 Å². The largest absolute Gasteiger partial charge is 0.481 e. The molecule has 0 N–H and O–H groups in total. The van der Waals surface area contributed by atoms with Gasteiger partial charge in [0.1, 0.15) is 11.3 Å². The maximum Gasteiger partial charge on any atom is 0.260 e. The van der Waals surface area contributed by atoms with Crippen molar-refractivity contribution in [2.24, 2.45) is 5.92 Å². The van der Waals surface area contributed by atoms with Gasteiger partial charge in [-0.15, -0.1) is 0 Å². The third-order valence-corrected chi connectivity index (χ3v) is 5.92. The number of hydrogen-bond donors (Lipinski definition) is 0. The predicted octanol–water partition coefficient (Wildman–Crippen LogP) is 4.45. The average Bonchev–Trinajstić information content (AvgIpc) is 2.67. The molecule has 0 unspecified atom stereocenters. The maximum atomic E-state index is 12.8. The number of aromatic nitrogens is 1. The van der Waals surface area contributed by atoms with Crippen LogP contribution in [0.5, 0.6) is 5.75 Å². The smallest absolute Gasteiger partial charge is 0.260 e. The molecule has 0 bridgehead atoms. The monoisotopic (exact) mass is 358 g/mol. The number of likely N-dealkylation sites (tertiary alicyclic amines) is 1. The lowest BCUT2D eigenvalue weighted by Gasteiger charge is -2.44. The molecule has 2 fully saturated rings. The van der Waals surface area contributed by atoms with Crippen LogP contribution in [0.2, 0.25) is 5.02 Å². The van der Waals surface area contributed by atoms with Crippen LogP contribution in [0, 0.1) is 5.92 Å². The number of amides is 1. The minimum absolute atomic E-state index is 0.0660. The predicted molar refractivity (Wildman–Crippen MR) is 98.9 cm³/mol. The molecule has 1 amide bonds. The average molecular weight is 359 g/mol. The summed E-state index contributed by atoms with van der Waals surface area (Å²) in [6, 6.07) is 7.77. The molecule has 1 saturated carbocycles. The van der Waals surface area contributed by atoms with E-state index in [1.807, 2.05) is 12.1 Å². The van der Waals surface area contributed by atoms with Gasteiger partial charge in [0.25, 0.3) is 5.91 Å². The molecule has 1 aromatic heterocycles. The van der Waals surface area contributed by atoms with Crippen molar-refractivity contribution in [3.8, 4) is 5.75 Å². The molecule has 2 aliphatic rings. The summed E-state index contributed by atoms with van der Waals surface area (Å²) in [5, 5.41) is 1.49. The summed E-state index contributed by atoms with van der Waals surface area (Å²) in [7, 11) is 0. The summed E-state index contributed by atoms with van der Waals surface area (Å²) < 4.78 is 5.86. The molecule has 0 radical (unpaired) electrons. The Morgan fingerprint density at radius 3 is 2.96 bits per heavy atom. The van der Waals surface area contributed by atoms with E-state index in [4.69, 9.17) is 16.3 Å². The SMILES string of the molecule is O=C(COc1ccc(Cl)c2cccnc12)N1CCC[C@H]2CCCC[C@H]21. The van der Waals surface area contributed by atoms with Crippen LogP contribution in [0.25, 0.3) is 10.9 Å². The highest BCUT2D eigenvalue weighted by atomic mass is 35.5. The number of ether oxygens (including phenoxy) is 1. The first-order valence-electron chi connectivity index (χ1n) is 9.19. The minimum atomic E-state index is 0.0660. The topological polar surface area (TPSA) is 42.4 Å². The van der Waals surface area contributed by atoms with E-state index in [0.717, 1.165) is 24.8 Å². The Morgan fingerprint density at radius 1 is 1.20 bits per heavy atom. The first-order valence-corrected chi connectivity index (χ1v) is 9.57. The van der Waals surface area contributed by atoms with Crippen LogP contribution in [-0.4, -0.2) is 35.0 Å². The van der Waals surface area contributed by atoms with Gasteiger partial charge in [-0.3, -0.25) is 9.78 Å². The van der Waals surface area contributed by atoms with E-state index >= 15 is 0 Å². The molecule has 25 heavy (non-hydrogen) atoms. The van der Waals surface area contributed by atoms with Crippen molar-refractivity contribution in [1.29, 1.82) is 0 Å². The Labute approximate surface area is 153 Å². The van der Waals surface area contributed by atoms with Gasteiger partial charge >= 0.3 is 0 Å². The lowest BCUT2D eigenvalue weighted by atomic mass is 9.78. The second kappa shape index (κ2) is 7.20. The molecule has 1 aliphatic carbocycles. The number of pyridine rings is 1. The first kappa shape index (κ1) is 16.6. The fourth-order valence-electron chi connectivity index (χ4n) is 4.39. The second-order valence-corrected chi connectivity index (χ2v) is 7.48. The highest BCUT2D eigenvalue weighted by molar-refractivity contribution is 6.35. The molecule has 0 spiro atoms. The van der Waals surface area contributed by atoms with Gasteiger partial charge in [0.05, 0.1) is 5.02 Å². The molecule has 4 rings (SSSR count). The molecular weight excluding hydrogens is 336 g/mol. The van der Waals surface area contributed by atoms with Crippen LogP contribution in [0.1, 0.15) is 38.5 Å². The van der Waals surface area contributed by atoms with Crippen molar-refractivity contribution >= 4 is 28.4 Å². The second-order valence-electron chi connectivity index (χ2n) is 7.08. The van der Waals surface area contributed by atoms with Crippen molar-refractivity contribution in [1.82, 2.24) is 9.88 Å². The lowest BCUT2D eigenvalue weighted by Crippen LogP contribution is -2.51. The molecule has 2 aromatic rings. The third-order valence-electron chi connectivity index (χ3n) is 5.59.